The van der Waals surface area contributed by atoms with Gasteiger partial charge in [0, 0.05) is 23.5 Å². The molecule has 2 amide bonds. The molecule has 9 heteroatoms. The Morgan fingerprint density at radius 1 is 1.03 bits per heavy atom. The van der Waals surface area contributed by atoms with E-state index in [-0.39, 0.29) is 34.4 Å². The highest BCUT2D eigenvalue weighted by Crippen LogP contribution is 2.59. The highest BCUT2D eigenvalue weighted by molar-refractivity contribution is 6.12. The average Bonchev–Trinajstić information content (AvgIpc) is 3.23. The number of carboxylic acid groups (broad SMARTS) is 1. The van der Waals surface area contributed by atoms with E-state index in [1.54, 1.807) is 6.07 Å². The van der Waals surface area contributed by atoms with E-state index < -0.39 is 29.4 Å². The van der Waals surface area contributed by atoms with E-state index in [2.05, 4.69) is 10.6 Å². The number of hydrogen-bond donors (Lipinski definition) is 3. The van der Waals surface area contributed by atoms with Crippen LogP contribution in [0.5, 0.6) is 0 Å². The van der Waals surface area contributed by atoms with Crippen molar-refractivity contribution in [2.24, 2.45) is 5.92 Å². The molecule has 0 bridgehead atoms. The standard InChI is InChI=1S/C30H24F2N2O5/c1-33-29(38)26-22-13-20(16-4-7-23(32)21(10-16)28(37)34-30-9-8-18(30)14-30)17(12-25(35)36)11-24(22)39-27(26)15-2-5-19(31)6-3-15/h2-7,10-11,13,18H,8-9,12,14H2,1H3,(H,33,38)(H,34,37)(H,35,36). The van der Waals surface area contributed by atoms with Gasteiger partial charge in [-0.2, -0.15) is 0 Å². The van der Waals surface area contributed by atoms with E-state index in [1.165, 1.54) is 55.6 Å². The molecular weight excluding hydrogens is 506 g/mol. The Bertz CT molecular complexity index is 1670. The van der Waals surface area contributed by atoms with Gasteiger partial charge in [0.15, 0.2) is 0 Å². The Balaban J connectivity index is 1.50. The number of halogens is 2. The minimum Gasteiger partial charge on any atom is -0.481 e. The van der Waals surface area contributed by atoms with Crippen LogP contribution < -0.4 is 10.6 Å². The van der Waals surface area contributed by atoms with Gasteiger partial charge in [-0.3, -0.25) is 14.4 Å². The van der Waals surface area contributed by atoms with Crippen molar-refractivity contribution in [1.82, 2.24) is 10.6 Å². The molecule has 2 fully saturated rings. The summed E-state index contributed by atoms with van der Waals surface area (Å²) in [5, 5.41) is 15.5. The molecule has 3 N–H and O–H groups in total. The van der Waals surface area contributed by atoms with Crippen LogP contribution in [0.2, 0.25) is 0 Å². The van der Waals surface area contributed by atoms with Gasteiger partial charge in [-0.25, -0.2) is 8.78 Å². The number of hydrogen-bond acceptors (Lipinski definition) is 4. The van der Waals surface area contributed by atoms with Crippen LogP contribution in [0, 0.1) is 17.6 Å². The van der Waals surface area contributed by atoms with E-state index in [4.69, 9.17) is 4.42 Å². The molecule has 1 aromatic heterocycles. The fourth-order valence-corrected chi connectivity index (χ4v) is 5.58. The first-order chi connectivity index (χ1) is 18.7. The average molecular weight is 531 g/mol. The Labute approximate surface area is 221 Å². The number of furan rings is 1. The number of nitrogens with one attached hydrogen (secondary N) is 2. The first-order valence-corrected chi connectivity index (χ1v) is 12.6. The maximum absolute atomic E-state index is 14.8. The SMILES string of the molecule is CNC(=O)c1c(-c2ccc(F)cc2)oc2cc(CC(=O)O)c(-c3ccc(F)c(C(=O)NC45CCC4C5)c3)cc12. The Morgan fingerprint density at radius 3 is 2.38 bits per heavy atom. The highest BCUT2D eigenvalue weighted by atomic mass is 19.1. The molecular formula is C30H24F2N2O5. The Kier molecular flexibility index (Phi) is 5.75. The van der Waals surface area contributed by atoms with Crippen LogP contribution in [-0.2, 0) is 11.2 Å². The molecule has 4 aromatic rings. The Morgan fingerprint density at radius 2 is 1.77 bits per heavy atom. The number of amides is 2. The van der Waals surface area contributed by atoms with Gasteiger partial charge in [-0.1, -0.05) is 6.07 Å². The first-order valence-electron chi connectivity index (χ1n) is 12.6. The second kappa shape index (κ2) is 9.04. The largest absolute Gasteiger partial charge is 0.481 e. The number of carbonyl (C=O) groups is 3. The van der Waals surface area contributed by atoms with Gasteiger partial charge in [-0.05, 0) is 90.4 Å². The molecule has 0 spiro atoms. The lowest BCUT2D eigenvalue weighted by molar-refractivity contribution is -0.136. The Hall–Kier alpha value is -4.53. The number of benzene rings is 3. The third kappa shape index (κ3) is 4.24. The molecule has 3 aromatic carbocycles. The van der Waals surface area contributed by atoms with Crippen LogP contribution in [0.3, 0.4) is 0 Å². The maximum Gasteiger partial charge on any atom is 0.307 e. The fraction of sp³-hybridized carbons (Fsp3) is 0.233. The van der Waals surface area contributed by atoms with Crippen molar-refractivity contribution in [3.8, 4) is 22.5 Å². The molecule has 198 valence electrons. The number of aliphatic carboxylic acids is 1. The predicted molar refractivity (Wildman–Crippen MR) is 139 cm³/mol. The fourth-order valence-electron chi connectivity index (χ4n) is 5.58. The summed E-state index contributed by atoms with van der Waals surface area (Å²) >= 11 is 0. The molecule has 39 heavy (non-hydrogen) atoms. The molecule has 0 saturated heterocycles. The van der Waals surface area contributed by atoms with Crippen LogP contribution >= 0.6 is 0 Å². The van der Waals surface area contributed by atoms with Gasteiger partial charge in [-0.15, -0.1) is 0 Å². The molecule has 7 nitrogen and oxygen atoms in total. The zero-order valence-corrected chi connectivity index (χ0v) is 20.9. The smallest absolute Gasteiger partial charge is 0.307 e. The van der Waals surface area contributed by atoms with Gasteiger partial charge in [0.1, 0.15) is 23.0 Å². The van der Waals surface area contributed by atoms with E-state index in [9.17, 15) is 28.3 Å². The molecule has 0 aliphatic heterocycles. The summed E-state index contributed by atoms with van der Waals surface area (Å²) < 4.78 is 34.4. The molecule has 2 atom stereocenters. The lowest BCUT2D eigenvalue weighted by atomic mass is 9.91. The maximum atomic E-state index is 14.8. The number of fused-ring (bicyclic) bond motifs is 2. The first kappa shape index (κ1) is 24.8. The van der Waals surface area contributed by atoms with E-state index in [0.29, 0.717) is 33.6 Å². The van der Waals surface area contributed by atoms with Crippen molar-refractivity contribution >= 4 is 28.8 Å². The summed E-state index contributed by atoms with van der Waals surface area (Å²) in [6, 6.07) is 12.7. The van der Waals surface area contributed by atoms with Gasteiger partial charge in [0.25, 0.3) is 11.8 Å². The van der Waals surface area contributed by atoms with Gasteiger partial charge >= 0.3 is 5.97 Å². The normalized spacial score (nSPS) is 19.2. The lowest BCUT2D eigenvalue weighted by Gasteiger charge is -2.26. The number of carbonyl (C=O) groups excluding carboxylic acids is 2. The molecule has 0 radical (unpaired) electrons. The third-order valence-corrected chi connectivity index (χ3v) is 7.87. The van der Waals surface area contributed by atoms with E-state index >= 15 is 0 Å². The van der Waals surface area contributed by atoms with Crippen molar-refractivity contribution in [1.29, 1.82) is 0 Å². The second-order valence-corrected chi connectivity index (χ2v) is 10.2. The van der Waals surface area contributed by atoms with Crippen molar-refractivity contribution in [2.75, 3.05) is 7.05 Å². The predicted octanol–water partition coefficient (Wildman–Crippen LogP) is 5.31. The topological polar surface area (TPSA) is 109 Å². The molecule has 6 rings (SSSR count). The van der Waals surface area contributed by atoms with Crippen LogP contribution in [0.15, 0.2) is 59.0 Å². The van der Waals surface area contributed by atoms with E-state index in [0.717, 1.165) is 19.3 Å². The van der Waals surface area contributed by atoms with Crippen LogP contribution in [-0.4, -0.2) is 35.5 Å². The summed E-state index contributed by atoms with van der Waals surface area (Å²) in [5.41, 5.74) is 1.75. The van der Waals surface area contributed by atoms with Gasteiger partial charge < -0.3 is 20.2 Å². The number of rotatable bonds is 7. The van der Waals surface area contributed by atoms with Gasteiger partial charge in [0.2, 0.25) is 0 Å². The van der Waals surface area contributed by atoms with Crippen LogP contribution in [0.25, 0.3) is 33.4 Å². The zero-order chi connectivity index (χ0) is 27.5. The van der Waals surface area contributed by atoms with E-state index in [1.807, 2.05) is 0 Å². The summed E-state index contributed by atoms with van der Waals surface area (Å²) in [6.07, 6.45) is 2.46. The quantitative estimate of drug-likeness (QED) is 0.300. The van der Waals surface area contributed by atoms with Crippen molar-refractivity contribution in [2.45, 2.75) is 31.2 Å². The molecule has 2 saturated carbocycles. The summed E-state index contributed by atoms with van der Waals surface area (Å²) in [6.45, 7) is 0. The van der Waals surface area contributed by atoms with Crippen LogP contribution in [0.1, 0.15) is 45.5 Å². The second-order valence-electron chi connectivity index (χ2n) is 10.2. The molecule has 2 aliphatic carbocycles. The zero-order valence-electron chi connectivity index (χ0n) is 20.9. The molecule has 2 unspecified atom stereocenters. The number of carboxylic acids is 1. The van der Waals surface area contributed by atoms with Crippen LogP contribution in [0.4, 0.5) is 8.78 Å². The highest BCUT2D eigenvalue weighted by Gasteiger charge is 2.62. The van der Waals surface area contributed by atoms with Crippen molar-refractivity contribution < 1.29 is 32.7 Å². The minimum atomic E-state index is -1.10. The van der Waals surface area contributed by atoms with Crippen molar-refractivity contribution in [3.63, 3.8) is 0 Å². The van der Waals surface area contributed by atoms with Crippen molar-refractivity contribution in [3.05, 3.63) is 82.9 Å². The molecule has 1 heterocycles. The minimum absolute atomic E-state index is 0.133. The third-order valence-electron chi connectivity index (χ3n) is 7.87. The summed E-state index contributed by atoms with van der Waals surface area (Å²) in [7, 11) is 1.46. The van der Waals surface area contributed by atoms with Gasteiger partial charge in [0.05, 0.1) is 17.5 Å². The lowest BCUT2D eigenvalue weighted by Crippen LogP contribution is -2.43. The molecule has 2 aliphatic rings. The summed E-state index contributed by atoms with van der Waals surface area (Å²) in [5.74, 6) is -2.55. The monoisotopic (exact) mass is 530 g/mol. The summed E-state index contributed by atoms with van der Waals surface area (Å²) in [4.78, 5) is 37.7.